The van der Waals surface area contributed by atoms with Crippen LogP contribution in [0, 0.1) is 11.8 Å². The average molecular weight is 164 g/mol. The minimum atomic E-state index is 0.477. The largest absolute Gasteiger partial charge is 0.371 e. The van der Waals surface area contributed by atoms with Crippen LogP contribution in [0.3, 0.4) is 0 Å². The second kappa shape index (κ2) is 2.61. The summed E-state index contributed by atoms with van der Waals surface area (Å²) in [4.78, 5) is 4.46. The first kappa shape index (κ1) is 7.84. The fraction of sp³-hybridized carbons (Fsp3) is 0.700. The van der Waals surface area contributed by atoms with Crippen molar-refractivity contribution in [1.82, 2.24) is 5.32 Å². The Balaban J connectivity index is 2.29. The van der Waals surface area contributed by atoms with E-state index in [-0.39, 0.29) is 0 Å². The first-order valence-electron chi connectivity index (χ1n) is 4.66. The van der Waals surface area contributed by atoms with E-state index in [1.807, 2.05) is 6.34 Å². The van der Waals surface area contributed by atoms with Crippen LogP contribution in [-0.4, -0.2) is 18.4 Å². The molecule has 0 spiro atoms. The van der Waals surface area contributed by atoms with Crippen LogP contribution in [0.4, 0.5) is 0 Å². The normalized spacial score (nSPS) is 45.1. The van der Waals surface area contributed by atoms with Gasteiger partial charge in [-0.1, -0.05) is 25.5 Å². The van der Waals surface area contributed by atoms with Crippen molar-refractivity contribution in [2.24, 2.45) is 16.8 Å². The molecule has 4 unspecified atom stereocenters. The van der Waals surface area contributed by atoms with E-state index in [1.165, 1.54) is 5.57 Å². The van der Waals surface area contributed by atoms with E-state index in [1.54, 1.807) is 0 Å². The fourth-order valence-corrected chi connectivity index (χ4v) is 2.25. The molecule has 0 aromatic rings. The van der Waals surface area contributed by atoms with Gasteiger partial charge in [0.2, 0.25) is 0 Å². The van der Waals surface area contributed by atoms with E-state index in [9.17, 15) is 0 Å². The highest BCUT2D eigenvalue weighted by Gasteiger charge is 2.36. The Bertz CT molecular complexity index is 242. The Kier molecular flexibility index (Phi) is 1.71. The predicted octanol–water partition coefficient (Wildman–Crippen LogP) is 1.59. The second-order valence-corrected chi connectivity index (χ2v) is 4.02. The van der Waals surface area contributed by atoms with Gasteiger partial charge >= 0.3 is 0 Å². The first-order valence-corrected chi connectivity index (χ1v) is 4.66. The van der Waals surface area contributed by atoms with Crippen LogP contribution in [0.15, 0.2) is 16.6 Å². The number of hydrogen-bond donors (Lipinski definition) is 1. The molecule has 1 heterocycles. The van der Waals surface area contributed by atoms with Crippen molar-refractivity contribution < 1.29 is 0 Å². The topological polar surface area (TPSA) is 24.4 Å². The Morgan fingerprint density at radius 1 is 1.42 bits per heavy atom. The molecule has 1 aliphatic heterocycles. The van der Waals surface area contributed by atoms with Crippen LogP contribution in [0.2, 0.25) is 0 Å². The van der Waals surface area contributed by atoms with Crippen LogP contribution in [0.5, 0.6) is 0 Å². The van der Waals surface area contributed by atoms with Gasteiger partial charge < -0.3 is 5.32 Å². The Morgan fingerprint density at radius 2 is 2.17 bits per heavy atom. The van der Waals surface area contributed by atoms with Gasteiger partial charge in [-0.2, -0.15) is 0 Å². The lowest BCUT2D eigenvalue weighted by molar-refractivity contribution is 0.352. The van der Waals surface area contributed by atoms with Crippen molar-refractivity contribution in [3.05, 3.63) is 11.6 Å². The molecule has 66 valence electrons. The lowest BCUT2D eigenvalue weighted by Crippen LogP contribution is -2.43. The summed E-state index contributed by atoms with van der Waals surface area (Å²) in [6.45, 7) is 6.74. The summed E-state index contributed by atoms with van der Waals surface area (Å²) in [5, 5.41) is 3.32. The predicted molar refractivity (Wildman–Crippen MR) is 51.3 cm³/mol. The van der Waals surface area contributed by atoms with Crippen molar-refractivity contribution in [3.63, 3.8) is 0 Å². The standard InChI is InChI=1S/C10H16N2/c1-6-4-7(2)9-10(8(6)3)12-5-11-9/h4-5,7-10H,1-3H3,(H,11,12). The van der Waals surface area contributed by atoms with Gasteiger partial charge in [0.15, 0.2) is 0 Å². The lowest BCUT2D eigenvalue weighted by atomic mass is 9.78. The zero-order valence-electron chi connectivity index (χ0n) is 7.91. The van der Waals surface area contributed by atoms with Crippen LogP contribution >= 0.6 is 0 Å². The molecule has 12 heavy (non-hydrogen) atoms. The molecular formula is C10H16N2. The van der Waals surface area contributed by atoms with Crippen LogP contribution in [0.1, 0.15) is 20.8 Å². The maximum Gasteiger partial charge on any atom is 0.0831 e. The SMILES string of the molecule is CC1=CC(C)C2NC=NC2C1C. The minimum Gasteiger partial charge on any atom is -0.371 e. The van der Waals surface area contributed by atoms with E-state index in [2.05, 4.69) is 37.2 Å². The number of hydrogen-bond acceptors (Lipinski definition) is 2. The highest BCUT2D eigenvalue weighted by Crippen LogP contribution is 2.31. The molecule has 1 N–H and O–H groups in total. The van der Waals surface area contributed by atoms with Crippen LogP contribution in [0.25, 0.3) is 0 Å². The molecular weight excluding hydrogens is 148 g/mol. The number of nitrogens with one attached hydrogen (secondary N) is 1. The van der Waals surface area contributed by atoms with Crippen LogP contribution < -0.4 is 5.32 Å². The molecule has 2 aliphatic rings. The van der Waals surface area contributed by atoms with E-state index >= 15 is 0 Å². The van der Waals surface area contributed by atoms with Gasteiger partial charge in [-0.3, -0.25) is 4.99 Å². The molecule has 0 fully saturated rings. The molecule has 0 saturated heterocycles. The van der Waals surface area contributed by atoms with Gasteiger partial charge in [0.1, 0.15) is 0 Å². The number of nitrogens with zero attached hydrogens (tertiary/aromatic N) is 1. The monoisotopic (exact) mass is 164 g/mol. The number of aliphatic imine (C=N–C) groups is 1. The summed E-state index contributed by atoms with van der Waals surface area (Å²) in [7, 11) is 0. The van der Waals surface area contributed by atoms with Crippen molar-refractivity contribution in [2.45, 2.75) is 32.9 Å². The fourth-order valence-electron chi connectivity index (χ4n) is 2.25. The molecule has 0 bridgehead atoms. The first-order chi connectivity index (χ1) is 5.70. The smallest absolute Gasteiger partial charge is 0.0831 e. The van der Waals surface area contributed by atoms with Gasteiger partial charge in [0, 0.05) is 5.92 Å². The lowest BCUT2D eigenvalue weighted by Gasteiger charge is -2.33. The highest BCUT2D eigenvalue weighted by molar-refractivity contribution is 5.59. The highest BCUT2D eigenvalue weighted by atomic mass is 15.1. The van der Waals surface area contributed by atoms with Crippen LogP contribution in [-0.2, 0) is 0 Å². The van der Waals surface area contributed by atoms with Gasteiger partial charge in [-0.15, -0.1) is 0 Å². The Morgan fingerprint density at radius 3 is 2.92 bits per heavy atom. The van der Waals surface area contributed by atoms with Crippen molar-refractivity contribution in [1.29, 1.82) is 0 Å². The number of fused-ring (bicyclic) bond motifs is 1. The molecule has 0 aromatic carbocycles. The average Bonchev–Trinajstić information content (AvgIpc) is 2.48. The van der Waals surface area contributed by atoms with Gasteiger partial charge in [0.25, 0.3) is 0 Å². The molecule has 1 aliphatic carbocycles. The zero-order valence-corrected chi connectivity index (χ0v) is 7.91. The summed E-state index contributed by atoms with van der Waals surface area (Å²) in [6.07, 6.45) is 4.24. The molecule has 0 aromatic heterocycles. The molecule has 4 atom stereocenters. The number of rotatable bonds is 0. The molecule has 0 radical (unpaired) electrons. The van der Waals surface area contributed by atoms with Crippen molar-refractivity contribution in [2.75, 3.05) is 0 Å². The van der Waals surface area contributed by atoms with Gasteiger partial charge in [-0.25, -0.2) is 0 Å². The summed E-state index contributed by atoms with van der Waals surface area (Å²) in [6, 6.07) is 1.02. The summed E-state index contributed by atoms with van der Waals surface area (Å²) < 4.78 is 0. The summed E-state index contributed by atoms with van der Waals surface area (Å²) >= 11 is 0. The molecule has 0 amide bonds. The second-order valence-electron chi connectivity index (χ2n) is 4.02. The maximum atomic E-state index is 4.46. The maximum absolute atomic E-state index is 4.46. The van der Waals surface area contributed by atoms with Crippen molar-refractivity contribution in [3.8, 4) is 0 Å². The van der Waals surface area contributed by atoms with E-state index in [0.717, 1.165) is 0 Å². The molecule has 2 nitrogen and oxygen atoms in total. The summed E-state index contributed by atoms with van der Waals surface area (Å²) in [5.41, 5.74) is 1.49. The molecule has 2 heteroatoms. The van der Waals surface area contributed by atoms with E-state index in [0.29, 0.717) is 23.9 Å². The van der Waals surface area contributed by atoms with E-state index < -0.39 is 0 Å². The third-order valence-corrected chi connectivity index (χ3v) is 3.20. The Labute approximate surface area is 73.8 Å². The summed E-state index contributed by atoms with van der Waals surface area (Å²) in [5.74, 6) is 1.23. The van der Waals surface area contributed by atoms with E-state index in [4.69, 9.17) is 0 Å². The van der Waals surface area contributed by atoms with Gasteiger partial charge in [0.05, 0.1) is 18.4 Å². The minimum absolute atomic E-state index is 0.477. The third-order valence-electron chi connectivity index (χ3n) is 3.20. The quantitative estimate of drug-likeness (QED) is 0.540. The molecule has 0 saturated carbocycles. The molecule has 2 rings (SSSR count). The van der Waals surface area contributed by atoms with Gasteiger partial charge in [-0.05, 0) is 12.8 Å². The Hall–Kier alpha value is -0.790. The van der Waals surface area contributed by atoms with Crippen molar-refractivity contribution >= 4 is 6.34 Å². The third kappa shape index (κ3) is 0.977. The zero-order chi connectivity index (χ0) is 8.72.